The third kappa shape index (κ3) is 5.45. The summed E-state index contributed by atoms with van der Waals surface area (Å²) in [4.78, 5) is 33.7. The van der Waals surface area contributed by atoms with Crippen LogP contribution in [0.1, 0.15) is 20.8 Å². The molecule has 9 heteroatoms. The van der Waals surface area contributed by atoms with Crippen molar-refractivity contribution in [2.45, 2.75) is 51.5 Å². The molecule has 0 radical (unpaired) electrons. The van der Waals surface area contributed by atoms with Crippen molar-refractivity contribution in [2.24, 2.45) is 0 Å². The number of carbonyl (C=O) groups excluding carboxylic acids is 3. The minimum atomic E-state index is -1.01. The molecule has 0 aromatic carbocycles. The fourth-order valence-corrected chi connectivity index (χ4v) is 2.33. The van der Waals surface area contributed by atoms with Crippen molar-refractivity contribution in [2.75, 3.05) is 20.8 Å². The molecular formula is C14H22O9. The van der Waals surface area contributed by atoms with Crippen molar-refractivity contribution in [3.8, 4) is 0 Å². The lowest BCUT2D eigenvalue weighted by Gasteiger charge is -2.43. The van der Waals surface area contributed by atoms with E-state index in [0.717, 1.165) is 0 Å². The van der Waals surface area contributed by atoms with Crippen molar-refractivity contribution in [1.82, 2.24) is 0 Å². The molecule has 1 heterocycles. The molecular weight excluding hydrogens is 312 g/mol. The van der Waals surface area contributed by atoms with E-state index in [1.165, 1.54) is 35.0 Å². The highest BCUT2D eigenvalue weighted by Crippen LogP contribution is 2.28. The molecule has 1 aliphatic rings. The summed E-state index contributed by atoms with van der Waals surface area (Å²) in [5, 5.41) is 0. The molecule has 9 nitrogen and oxygen atoms in total. The lowest BCUT2D eigenvalue weighted by Crippen LogP contribution is -2.62. The predicted molar refractivity (Wildman–Crippen MR) is 74.2 cm³/mol. The zero-order chi connectivity index (χ0) is 17.6. The van der Waals surface area contributed by atoms with Gasteiger partial charge in [-0.2, -0.15) is 0 Å². The second-order valence-electron chi connectivity index (χ2n) is 4.93. The molecule has 0 aromatic heterocycles. The van der Waals surface area contributed by atoms with Gasteiger partial charge in [0.2, 0.25) is 0 Å². The van der Waals surface area contributed by atoms with Gasteiger partial charge in [-0.05, 0) is 0 Å². The SMILES string of the molecule is CO[C@H]1O[C@H](COC(C)=O)[C@@H](OC)[C@H](OC(C)=O)[C@@H]1OC(C)=O. The molecule has 0 saturated carbocycles. The molecule has 23 heavy (non-hydrogen) atoms. The van der Waals surface area contributed by atoms with Crippen LogP contribution in [0.3, 0.4) is 0 Å². The molecule has 0 amide bonds. The number of rotatable bonds is 6. The van der Waals surface area contributed by atoms with Gasteiger partial charge in [0.1, 0.15) is 18.8 Å². The highest BCUT2D eigenvalue weighted by atomic mass is 16.7. The Morgan fingerprint density at radius 2 is 1.39 bits per heavy atom. The second kappa shape index (κ2) is 8.80. The van der Waals surface area contributed by atoms with Gasteiger partial charge in [-0.1, -0.05) is 0 Å². The Bertz CT molecular complexity index is 436. The first-order valence-corrected chi connectivity index (χ1v) is 6.99. The summed E-state index contributed by atoms with van der Waals surface area (Å²) in [6.45, 7) is 3.56. The van der Waals surface area contributed by atoms with E-state index in [9.17, 15) is 14.4 Å². The monoisotopic (exact) mass is 334 g/mol. The maximum atomic E-state index is 11.4. The molecule has 0 N–H and O–H groups in total. The summed E-state index contributed by atoms with van der Waals surface area (Å²) in [6, 6.07) is 0. The van der Waals surface area contributed by atoms with E-state index in [0.29, 0.717) is 0 Å². The lowest BCUT2D eigenvalue weighted by molar-refractivity contribution is -0.303. The topological polar surface area (TPSA) is 107 Å². The van der Waals surface area contributed by atoms with Crippen LogP contribution in [0.15, 0.2) is 0 Å². The molecule has 1 aliphatic heterocycles. The van der Waals surface area contributed by atoms with E-state index in [-0.39, 0.29) is 6.61 Å². The summed E-state index contributed by atoms with van der Waals surface area (Å²) in [6.07, 6.45) is -4.56. The van der Waals surface area contributed by atoms with E-state index in [4.69, 9.17) is 28.4 Å². The minimum absolute atomic E-state index is 0.127. The summed E-state index contributed by atoms with van der Waals surface area (Å²) in [5.74, 6) is -1.67. The predicted octanol–water partition coefficient (Wildman–Crippen LogP) is -0.201. The van der Waals surface area contributed by atoms with E-state index in [2.05, 4.69) is 0 Å². The Balaban J connectivity index is 3.04. The molecule has 0 bridgehead atoms. The van der Waals surface area contributed by atoms with Gasteiger partial charge in [-0.15, -0.1) is 0 Å². The normalized spacial score (nSPS) is 30.4. The fourth-order valence-electron chi connectivity index (χ4n) is 2.33. The standard InChI is InChI=1S/C14H22O9/c1-7(15)20-6-10-11(18-4)12(21-8(2)16)13(22-9(3)17)14(19-5)23-10/h10-14H,6H2,1-5H3/t10-,11-,12+,13+,14+/m1/s1. The van der Waals surface area contributed by atoms with Gasteiger partial charge in [0.15, 0.2) is 18.5 Å². The van der Waals surface area contributed by atoms with E-state index in [1.807, 2.05) is 0 Å². The highest BCUT2D eigenvalue weighted by Gasteiger charge is 2.50. The molecule has 1 fully saturated rings. The van der Waals surface area contributed by atoms with Crippen LogP contribution in [0.2, 0.25) is 0 Å². The van der Waals surface area contributed by atoms with Gasteiger partial charge < -0.3 is 28.4 Å². The Morgan fingerprint density at radius 1 is 0.826 bits per heavy atom. The van der Waals surface area contributed by atoms with Crippen LogP contribution in [0.25, 0.3) is 0 Å². The van der Waals surface area contributed by atoms with Crippen LogP contribution in [-0.4, -0.2) is 69.4 Å². The molecule has 0 unspecified atom stereocenters. The smallest absolute Gasteiger partial charge is 0.303 e. The third-order valence-electron chi connectivity index (χ3n) is 3.15. The first-order chi connectivity index (χ1) is 10.8. The number of carbonyl (C=O) groups is 3. The summed E-state index contributed by atoms with van der Waals surface area (Å²) < 4.78 is 31.4. The number of hydrogen-bond donors (Lipinski definition) is 0. The molecule has 0 aromatic rings. The lowest BCUT2D eigenvalue weighted by atomic mass is 9.98. The highest BCUT2D eigenvalue weighted by molar-refractivity contribution is 5.67. The molecule has 5 atom stereocenters. The third-order valence-corrected chi connectivity index (χ3v) is 3.15. The van der Waals surface area contributed by atoms with Crippen LogP contribution >= 0.6 is 0 Å². The first-order valence-electron chi connectivity index (χ1n) is 6.99. The molecule has 1 saturated heterocycles. The van der Waals surface area contributed by atoms with Crippen molar-refractivity contribution in [1.29, 1.82) is 0 Å². The Kier molecular flexibility index (Phi) is 7.40. The number of methoxy groups -OCH3 is 2. The largest absolute Gasteiger partial charge is 0.463 e. The summed E-state index contributed by atoms with van der Waals surface area (Å²) in [7, 11) is 2.73. The van der Waals surface area contributed by atoms with Crippen LogP contribution < -0.4 is 0 Å². The van der Waals surface area contributed by atoms with Crippen LogP contribution in [0.4, 0.5) is 0 Å². The van der Waals surface area contributed by atoms with Gasteiger partial charge in [-0.25, -0.2) is 0 Å². The number of hydrogen-bond acceptors (Lipinski definition) is 9. The van der Waals surface area contributed by atoms with E-state index in [1.54, 1.807) is 0 Å². The van der Waals surface area contributed by atoms with Gasteiger partial charge in [-0.3, -0.25) is 14.4 Å². The summed E-state index contributed by atoms with van der Waals surface area (Å²) in [5.41, 5.74) is 0. The van der Waals surface area contributed by atoms with Gasteiger partial charge in [0.05, 0.1) is 0 Å². The number of esters is 3. The van der Waals surface area contributed by atoms with Crippen LogP contribution in [-0.2, 0) is 42.8 Å². The average molecular weight is 334 g/mol. The average Bonchev–Trinajstić information content (AvgIpc) is 2.45. The first kappa shape index (κ1) is 19.3. The Morgan fingerprint density at radius 3 is 1.83 bits per heavy atom. The van der Waals surface area contributed by atoms with E-state index < -0.39 is 48.6 Å². The molecule has 132 valence electrons. The van der Waals surface area contributed by atoms with Crippen molar-refractivity contribution < 1.29 is 42.8 Å². The van der Waals surface area contributed by atoms with Gasteiger partial charge in [0, 0.05) is 35.0 Å². The van der Waals surface area contributed by atoms with Crippen LogP contribution in [0.5, 0.6) is 0 Å². The second-order valence-corrected chi connectivity index (χ2v) is 4.93. The number of ether oxygens (including phenoxy) is 6. The molecule has 0 spiro atoms. The quantitative estimate of drug-likeness (QED) is 0.482. The van der Waals surface area contributed by atoms with Gasteiger partial charge >= 0.3 is 17.9 Å². The van der Waals surface area contributed by atoms with Gasteiger partial charge in [0.25, 0.3) is 0 Å². The zero-order valence-corrected chi connectivity index (χ0v) is 13.8. The Hall–Kier alpha value is -1.71. The van der Waals surface area contributed by atoms with E-state index >= 15 is 0 Å². The molecule has 1 rings (SSSR count). The van der Waals surface area contributed by atoms with Crippen molar-refractivity contribution in [3.05, 3.63) is 0 Å². The zero-order valence-electron chi connectivity index (χ0n) is 13.8. The minimum Gasteiger partial charge on any atom is -0.463 e. The summed E-state index contributed by atoms with van der Waals surface area (Å²) >= 11 is 0. The Labute approximate surface area is 134 Å². The van der Waals surface area contributed by atoms with Crippen LogP contribution in [0, 0.1) is 0 Å². The maximum absolute atomic E-state index is 11.4. The van der Waals surface area contributed by atoms with Crippen molar-refractivity contribution >= 4 is 17.9 Å². The maximum Gasteiger partial charge on any atom is 0.303 e. The van der Waals surface area contributed by atoms with Crippen molar-refractivity contribution in [3.63, 3.8) is 0 Å². The molecule has 0 aliphatic carbocycles. The fraction of sp³-hybridized carbons (Fsp3) is 0.786.